The second-order valence-corrected chi connectivity index (χ2v) is 6.33. The molecule has 3 aromatic rings. The zero-order valence-corrected chi connectivity index (χ0v) is 15.0. The Morgan fingerprint density at radius 3 is 2.89 bits per heavy atom. The Labute approximate surface area is 159 Å². The van der Waals surface area contributed by atoms with Gasteiger partial charge in [-0.1, -0.05) is 11.6 Å². The van der Waals surface area contributed by atoms with Crippen LogP contribution in [-0.2, 0) is 11.2 Å². The number of halogens is 1. The highest BCUT2D eigenvalue weighted by atomic mass is 35.5. The van der Waals surface area contributed by atoms with Crippen molar-refractivity contribution in [3.8, 4) is 0 Å². The largest absolute Gasteiger partial charge is 0.465 e. The smallest absolute Gasteiger partial charge is 0.337 e. The summed E-state index contributed by atoms with van der Waals surface area (Å²) in [6.07, 6.45) is 3.72. The van der Waals surface area contributed by atoms with Crippen LogP contribution in [0.3, 0.4) is 0 Å². The zero-order valence-electron chi connectivity index (χ0n) is 14.3. The lowest BCUT2D eigenvalue weighted by Crippen LogP contribution is -2.35. The average Bonchev–Trinajstić information content (AvgIpc) is 3.21. The monoisotopic (exact) mass is 382 g/mol. The maximum Gasteiger partial charge on any atom is 0.337 e. The summed E-state index contributed by atoms with van der Waals surface area (Å²) < 4.78 is 4.77. The van der Waals surface area contributed by atoms with E-state index in [9.17, 15) is 4.79 Å². The number of benzene rings is 1. The fourth-order valence-corrected chi connectivity index (χ4v) is 3.09. The predicted molar refractivity (Wildman–Crippen MR) is 101 cm³/mol. The first-order valence-corrected chi connectivity index (χ1v) is 8.47. The minimum atomic E-state index is -0.393. The van der Waals surface area contributed by atoms with E-state index < -0.39 is 5.97 Å². The number of nitrogens with one attached hydrogen (secondary N) is 3. The van der Waals surface area contributed by atoms with Crippen LogP contribution in [0.1, 0.15) is 27.2 Å². The lowest BCUT2D eigenvalue weighted by molar-refractivity contribution is 0.0600. The lowest BCUT2D eigenvalue weighted by atomic mass is 10.0. The van der Waals surface area contributed by atoms with Crippen LogP contribution in [-0.4, -0.2) is 28.9 Å². The number of amidine groups is 1. The van der Waals surface area contributed by atoms with Crippen LogP contribution >= 0.6 is 11.6 Å². The Bertz CT molecular complexity index is 1070. The third kappa shape index (κ3) is 3.53. The van der Waals surface area contributed by atoms with E-state index in [1.54, 1.807) is 24.5 Å². The third-order valence-corrected chi connectivity index (χ3v) is 4.30. The summed E-state index contributed by atoms with van der Waals surface area (Å²) in [5.41, 5.74) is 12.1. The van der Waals surface area contributed by atoms with E-state index in [1.807, 2.05) is 18.2 Å². The van der Waals surface area contributed by atoms with Crippen molar-refractivity contribution >= 4 is 34.3 Å². The number of methoxy groups -OCH3 is 1. The van der Waals surface area contributed by atoms with Gasteiger partial charge in [-0.05, 0) is 35.9 Å². The maximum atomic E-state index is 11.7. The van der Waals surface area contributed by atoms with Crippen molar-refractivity contribution in [2.24, 2.45) is 5.10 Å². The third-order valence-electron chi connectivity index (χ3n) is 4.09. The number of nitrogens with zero attached hydrogens (tertiary/aromatic N) is 3. The summed E-state index contributed by atoms with van der Waals surface area (Å²) in [5.74, 6) is 0.225. The van der Waals surface area contributed by atoms with E-state index >= 15 is 0 Å². The molecular weight excluding hydrogens is 368 g/mol. The number of hydrazone groups is 1. The van der Waals surface area contributed by atoms with Crippen molar-refractivity contribution in [2.45, 2.75) is 6.42 Å². The molecule has 8 nitrogen and oxygen atoms in total. The van der Waals surface area contributed by atoms with Crippen molar-refractivity contribution in [1.82, 2.24) is 26.5 Å². The van der Waals surface area contributed by atoms with Crippen LogP contribution in [0.4, 0.5) is 0 Å². The van der Waals surface area contributed by atoms with Crippen LogP contribution in [0.5, 0.6) is 0 Å². The van der Waals surface area contributed by atoms with Gasteiger partial charge in [-0.3, -0.25) is 15.4 Å². The van der Waals surface area contributed by atoms with Gasteiger partial charge in [-0.25, -0.2) is 10.3 Å². The Kier molecular flexibility index (Phi) is 4.57. The summed E-state index contributed by atoms with van der Waals surface area (Å²) in [6.45, 7) is 0. The SMILES string of the molecule is COC(=O)c1ccnc(Cc2cc(C3=NNNN3)c3ncc(Cl)cc3c2)c1. The van der Waals surface area contributed by atoms with Crippen molar-refractivity contribution < 1.29 is 9.53 Å². The number of fused-ring (bicyclic) bond motifs is 1. The van der Waals surface area contributed by atoms with E-state index in [1.165, 1.54) is 7.11 Å². The molecule has 0 unspecified atom stereocenters. The Balaban J connectivity index is 1.77. The normalized spacial score (nSPS) is 13.0. The van der Waals surface area contributed by atoms with Crippen molar-refractivity contribution in [3.05, 3.63) is 70.1 Å². The molecule has 136 valence electrons. The Hall–Kier alpha value is -3.23. The number of rotatable bonds is 4. The molecular formula is C18H15ClN6O2. The van der Waals surface area contributed by atoms with Gasteiger partial charge in [0.1, 0.15) is 0 Å². The number of hydrazine groups is 2. The second-order valence-electron chi connectivity index (χ2n) is 5.90. The number of carbonyl (C=O) groups excluding carboxylic acids is 1. The topological polar surface area (TPSA) is 101 Å². The molecule has 27 heavy (non-hydrogen) atoms. The van der Waals surface area contributed by atoms with Gasteiger partial charge in [0.2, 0.25) is 0 Å². The van der Waals surface area contributed by atoms with Crippen LogP contribution in [0.25, 0.3) is 10.9 Å². The van der Waals surface area contributed by atoms with Crippen LogP contribution < -0.4 is 16.5 Å². The molecule has 1 aliphatic heterocycles. The highest BCUT2D eigenvalue weighted by molar-refractivity contribution is 6.31. The lowest BCUT2D eigenvalue weighted by Gasteiger charge is -2.10. The first kappa shape index (κ1) is 17.2. The number of carbonyl (C=O) groups is 1. The van der Waals surface area contributed by atoms with Gasteiger partial charge in [0.25, 0.3) is 0 Å². The van der Waals surface area contributed by atoms with Gasteiger partial charge in [0.15, 0.2) is 5.84 Å². The molecule has 0 saturated carbocycles. The van der Waals surface area contributed by atoms with E-state index in [0.29, 0.717) is 22.8 Å². The molecule has 3 N–H and O–H groups in total. The summed E-state index contributed by atoms with van der Waals surface area (Å²) in [4.78, 5) is 20.5. The number of pyridine rings is 2. The maximum absolute atomic E-state index is 11.7. The molecule has 0 atom stereocenters. The standard InChI is InChI=1S/C18H15ClN6O2/c1-27-18(26)11-2-3-20-14(8-11)5-10-4-12-7-13(19)9-21-16(12)15(6-10)17-22-24-25-23-17/h2-4,6-9,24-25H,5H2,1H3,(H,22,23). The van der Waals surface area contributed by atoms with Gasteiger partial charge >= 0.3 is 5.97 Å². The molecule has 3 heterocycles. The first-order valence-electron chi connectivity index (χ1n) is 8.09. The van der Waals surface area contributed by atoms with Gasteiger partial charge in [-0.15, -0.1) is 10.6 Å². The first-order chi connectivity index (χ1) is 13.1. The molecule has 0 amide bonds. The Morgan fingerprint density at radius 2 is 2.11 bits per heavy atom. The van der Waals surface area contributed by atoms with Crippen molar-refractivity contribution in [1.29, 1.82) is 0 Å². The molecule has 0 fully saturated rings. The van der Waals surface area contributed by atoms with Gasteiger partial charge in [0.05, 0.1) is 23.2 Å². The summed E-state index contributed by atoms with van der Waals surface area (Å²) in [6, 6.07) is 9.18. The Morgan fingerprint density at radius 1 is 1.22 bits per heavy atom. The van der Waals surface area contributed by atoms with Crippen molar-refractivity contribution in [3.63, 3.8) is 0 Å². The molecule has 1 aliphatic rings. The fourth-order valence-electron chi connectivity index (χ4n) is 2.92. The minimum Gasteiger partial charge on any atom is -0.465 e. The second kappa shape index (κ2) is 7.18. The van der Waals surface area contributed by atoms with E-state index in [0.717, 1.165) is 27.7 Å². The molecule has 2 aromatic heterocycles. The van der Waals surface area contributed by atoms with Crippen LogP contribution in [0, 0.1) is 0 Å². The predicted octanol–water partition coefficient (Wildman–Crippen LogP) is 1.93. The number of hydrogen-bond acceptors (Lipinski definition) is 8. The molecule has 0 radical (unpaired) electrons. The summed E-state index contributed by atoms with van der Waals surface area (Å²) >= 11 is 6.12. The summed E-state index contributed by atoms with van der Waals surface area (Å²) in [5, 5.41) is 5.60. The average molecular weight is 383 g/mol. The molecule has 0 spiro atoms. The van der Waals surface area contributed by atoms with Gasteiger partial charge in [0, 0.05) is 35.5 Å². The molecule has 1 aromatic carbocycles. The van der Waals surface area contributed by atoms with E-state index in [-0.39, 0.29) is 0 Å². The molecule has 0 aliphatic carbocycles. The molecule has 9 heteroatoms. The number of esters is 1. The van der Waals surface area contributed by atoms with E-state index in [4.69, 9.17) is 16.3 Å². The molecule has 0 saturated heterocycles. The van der Waals surface area contributed by atoms with Gasteiger partial charge < -0.3 is 4.74 Å². The summed E-state index contributed by atoms with van der Waals surface area (Å²) in [7, 11) is 1.35. The highest BCUT2D eigenvalue weighted by Gasteiger charge is 2.15. The number of aromatic nitrogens is 2. The molecule has 4 rings (SSSR count). The fraction of sp³-hybridized carbons (Fsp3) is 0.111. The number of ether oxygens (including phenoxy) is 1. The quantitative estimate of drug-likeness (QED) is 0.593. The number of hydrogen-bond donors (Lipinski definition) is 3. The van der Waals surface area contributed by atoms with E-state index in [2.05, 4.69) is 31.6 Å². The van der Waals surface area contributed by atoms with Gasteiger partial charge in [-0.2, -0.15) is 0 Å². The van der Waals surface area contributed by atoms with Crippen LogP contribution in [0.2, 0.25) is 5.02 Å². The highest BCUT2D eigenvalue weighted by Crippen LogP contribution is 2.24. The minimum absolute atomic E-state index is 0.393. The van der Waals surface area contributed by atoms with Crippen LogP contribution in [0.15, 0.2) is 47.8 Å². The zero-order chi connectivity index (χ0) is 18.8. The molecule has 0 bridgehead atoms. The van der Waals surface area contributed by atoms with Crippen molar-refractivity contribution in [2.75, 3.05) is 7.11 Å².